The highest BCUT2D eigenvalue weighted by Crippen LogP contribution is 2.24. The number of halogens is 2. The lowest BCUT2D eigenvalue weighted by molar-refractivity contribution is 0.240. The number of rotatable bonds is 5. The summed E-state index contributed by atoms with van der Waals surface area (Å²) in [5.41, 5.74) is 7.67. The molecule has 2 N–H and O–H groups in total. The first-order chi connectivity index (χ1) is 9.11. The van der Waals surface area contributed by atoms with Gasteiger partial charge in [-0.15, -0.1) is 0 Å². The van der Waals surface area contributed by atoms with E-state index in [-0.39, 0.29) is 11.1 Å². The van der Waals surface area contributed by atoms with E-state index in [0.717, 1.165) is 11.1 Å². The van der Waals surface area contributed by atoms with E-state index in [2.05, 4.69) is 0 Å². The SMILES string of the molecule is CN(Cc1ccoc1)C(CN)c1ccc(Cl)c(F)c1. The van der Waals surface area contributed by atoms with Crippen molar-refractivity contribution in [3.8, 4) is 0 Å². The van der Waals surface area contributed by atoms with Gasteiger partial charge in [-0.3, -0.25) is 4.90 Å². The molecule has 0 saturated heterocycles. The quantitative estimate of drug-likeness (QED) is 0.916. The van der Waals surface area contributed by atoms with Crippen molar-refractivity contribution < 1.29 is 8.81 Å². The molecule has 0 radical (unpaired) electrons. The molecule has 0 spiro atoms. The van der Waals surface area contributed by atoms with Crippen LogP contribution in [0.2, 0.25) is 5.02 Å². The number of hydrogen-bond donors (Lipinski definition) is 1. The Bertz CT molecular complexity index is 530. The lowest BCUT2D eigenvalue weighted by atomic mass is 10.1. The van der Waals surface area contributed by atoms with Crippen LogP contribution in [0.4, 0.5) is 4.39 Å². The standard InChI is InChI=1S/C14H16ClFN2O/c1-18(8-10-4-5-19-9-10)14(7-17)11-2-3-12(15)13(16)6-11/h2-6,9,14H,7-8,17H2,1H3. The minimum Gasteiger partial charge on any atom is -0.472 e. The molecule has 1 aromatic heterocycles. The third kappa shape index (κ3) is 3.35. The number of nitrogens with zero attached hydrogens (tertiary/aromatic N) is 1. The Morgan fingerprint density at radius 2 is 2.21 bits per heavy atom. The molecule has 0 aliphatic carbocycles. The Kier molecular flexibility index (Phi) is 4.58. The fourth-order valence-electron chi connectivity index (χ4n) is 2.07. The van der Waals surface area contributed by atoms with Crippen LogP contribution in [0.5, 0.6) is 0 Å². The summed E-state index contributed by atoms with van der Waals surface area (Å²) in [6, 6.07) is 6.62. The molecular formula is C14H16ClFN2O. The molecule has 2 aromatic rings. The molecule has 0 fully saturated rings. The average molecular weight is 283 g/mol. The van der Waals surface area contributed by atoms with Crippen LogP contribution in [-0.4, -0.2) is 18.5 Å². The van der Waals surface area contributed by atoms with Gasteiger partial charge in [-0.05, 0) is 30.8 Å². The van der Waals surface area contributed by atoms with E-state index in [1.54, 1.807) is 24.7 Å². The minimum atomic E-state index is -0.422. The van der Waals surface area contributed by atoms with Gasteiger partial charge in [-0.25, -0.2) is 4.39 Å². The summed E-state index contributed by atoms with van der Waals surface area (Å²) >= 11 is 5.69. The van der Waals surface area contributed by atoms with Crippen molar-refractivity contribution in [2.75, 3.05) is 13.6 Å². The first-order valence-corrected chi connectivity index (χ1v) is 6.36. The molecule has 1 atom stereocenters. The highest BCUT2D eigenvalue weighted by molar-refractivity contribution is 6.30. The van der Waals surface area contributed by atoms with Gasteiger partial charge in [-0.2, -0.15) is 0 Å². The van der Waals surface area contributed by atoms with E-state index in [1.165, 1.54) is 6.07 Å². The topological polar surface area (TPSA) is 42.4 Å². The fourth-order valence-corrected chi connectivity index (χ4v) is 2.19. The van der Waals surface area contributed by atoms with Gasteiger partial charge in [-0.1, -0.05) is 17.7 Å². The Hall–Kier alpha value is -1.36. The van der Waals surface area contributed by atoms with Crippen LogP contribution in [-0.2, 0) is 6.54 Å². The average Bonchev–Trinajstić information content (AvgIpc) is 2.87. The first-order valence-electron chi connectivity index (χ1n) is 5.98. The van der Waals surface area contributed by atoms with Gasteiger partial charge in [0.05, 0.1) is 17.5 Å². The van der Waals surface area contributed by atoms with Gasteiger partial charge in [0.2, 0.25) is 0 Å². The van der Waals surface area contributed by atoms with Crippen molar-refractivity contribution in [1.82, 2.24) is 4.90 Å². The van der Waals surface area contributed by atoms with Crippen LogP contribution in [0.3, 0.4) is 0 Å². The molecular weight excluding hydrogens is 267 g/mol. The number of benzene rings is 1. The molecule has 0 amide bonds. The molecule has 19 heavy (non-hydrogen) atoms. The van der Waals surface area contributed by atoms with E-state index in [1.807, 2.05) is 18.0 Å². The van der Waals surface area contributed by atoms with E-state index < -0.39 is 5.82 Å². The smallest absolute Gasteiger partial charge is 0.142 e. The maximum absolute atomic E-state index is 13.5. The summed E-state index contributed by atoms with van der Waals surface area (Å²) in [5.74, 6) is -0.422. The van der Waals surface area contributed by atoms with Gasteiger partial charge < -0.3 is 10.2 Å². The molecule has 1 heterocycles. The Morgan fingerprint density at radius 3 is 2.79 bits per heavy atom. The largest absolute Gasteiger partial charge is 0.472 e. The molecule has 0 saturated carbocycles. The molecule has 2 rings (SSSR count). The highest BCUT2D eigenvalue weighted by atomic mass is 35.5. The predicted molar refractivity (Wildman–Crippen MR) is 73.4 cm³/mol. The number of likely N-dealkylation sites (N-methyl/N-ethyl adjacent to an activating group) is 1. The number of nitrogens with two attached hydrogens (primary N) is 1. The van der Waals surface area contributed by atoms with E-state index >= 15 is 0 Å². The third-order valence-electron chi connectivity index (χ3n) is 3.10. The molecule has 5 heteroatoms. The maximum atomic E-state index is 13.5. The predicted octanol–water partition coefficient (Wildman–Crippen LogP) is 3.20. The molecule has 3 nitrogen and oxygen atoms in total. The molecule has 0 bridgehead atoms. The summed E-state index contributed by atoms with van der Waals surface area (Å²) < 4.78 is 18.5. The number of furan rings is 1. The van der Waals surface area contributed by atoms with Crippen LogP contribution in [0.25, 0.3) is 0 Å². The van der Waals surface area contributed by atoms with Crippen molar-refractivity contribution in [1.29, 1.82) is 0 Å². The lowest BCUT2D eigenvalue weighted by Crippen LogP contribution is -2.30. The molecule has 0 aliphatic rings. The minimum absolute atomic E-state index is 0.0679. The summed E-state index contributed by atoms with van der Waals surface area (Å²) in [4.78, 5) is 2.05. The Morgan fingerprint density at radius 1 is 1.42 bits per heavy atom. The van der Waals surface area contributed by atoms with E-state index in [0.29, 0.717) is 13.1 Å². The van der Waals surface area contributed by atoms with E-state index in [4.69, 9.17) is 21.8 Å². The fraction of sp³-hybridized carbons (Fsp3) is 0.286. The normalized spacial score (nSPS) is 12.9. The van der Waals surface area contributed by atoms with Gasteiger partial charge >= 0.3 is 0 Å². The zero-order valence-corrected chi connectivity index (χ0v) is 11.4. The zero-order valence-electron chi connectivity index (χ0n) is 10.6. The summed E-state index contributed by atoms with van der Waals surface area (Å²) in [7, 11) is 1.94. The monoisotopic (exact) mass is 282 g/mol. The van der Waals surface area contributed by atoms with Gasteiger partial charge in [0.15, 0.2) is 0 Å². The van der Waals surface area contributed by atoms with Crippen molar-refractivity contribution in [3.05, 3.63) is 58.8 Å². The third-order valence-corrected chi connectivity index (χ3v) is 3.40. The molecule has 1 aromatic carbocycles. The Labute approximate surface area is 116 Å². The molecule has 1 unspecified atom stereocenters. The lowest BCUT2D eigenvalue weighted by Gasteiger charge is -2.27. The molecule has 102 valence electrons. The number of hydrogen-bond acceptors (Lipinski definition) is 3. The Balaban J connectivity index is 2.16. The van der Waals surface area contributed by atoms with Gasteiger partial charge in [0.1, 0.15) is 5.82 Å². The van der Waals surface area contributed by atoms with Crippen molar-refractivity contribution in [2.45, 2.75) is 12.6 Å². The zero-order chi connectivity index (χ0) is 13.8. The van der Waals surface area contributed by atoms with Gasteiger partial charge in [0.25, 0.3) is 0 Å². The molecule has 0 aliphatic heterocycles. The van der Waals surface area contributed by atoms with Crippen LogP contribution in [0.1, 0.15) is 17.2 Å². The van der Waals surface area contributed by atoms with Crippen molar-refractivity contribution in [3.63, 3.8) is 0 Å². The van der Waals surface area contributed by atoms with Crippen LogP contribution >= 0.6 is 11.6 Å². The van der Waals surface area contributed by atoms with Crippen molar-refractivity contribution in [2.24, 2.45) is 5.73 Å². The van der Waals surface area contributed by atoms with Crippen LogP contribution in [0, 0.1) is 5.82 Å². The second-order valence-electron chi connectivity index (χ2n) is 4.47. The highest BCUT2D eigenvalue weighted by Gasteiger charge is 2.17. The maximum Gasteiger partial charge on any atom is 0.142 e. The summed E-state index contributed by atoms with van der Waals surface area (Å²) in [6.45, 7) is 1.08. The van der Waals surface area contributed by atoms with Gasteiger partial charge in [0, 0.05) is 24.7 Å². The van der Waals surface area contributed by atoms with E-state index in [9.17, 15) is 4.39 Å². The summed E-state index contributed by atoms with van der Waals surface area (Å²) in [5, 5.41) is 0.122. The second-order valence-corrected chi connectivity index (χ2v) is 4.88. The second kappa shape index (κ2) is 6.19. The van der Waals surface area contributed by atoms with Crippen molar-refractivity contribution >= 4 is 11.6 Å². The van der Waals surface area contributed by atoms with Crippen LogP contribution in [0.15, 0.2) is 41.2 Å². The summed E-state index contributed by atoms with van der Waals surface area (Å²) in [6.07, 6.45) is 3.31. The van der Waals surface area contributed by atoms with Crippen LogP contribution < -0.4 is 5.73 Å². The first kappa shape index (κ1) is 14.1.